The minimum atomic E-state index is 0.0858. The van der Waals surface area contributed by atoms with Crippen molar-refractivity contribution in [1.82, 2.24) is 19.6 Å². The van der Waals surface area contributed by atoms with Crippen molar-refractivity contribution in [2.24, 2.45) is 0 Å². The maximum Gasteiger partial charge on any atom is 0.257 e. The zero-order valence-corrected chi connectivity index (χ0v) is 17.7. The van der Waals surface area contributed by atoms with Crippen molar-refractivity contribution >= 4 is 5.91 Å². The minimum Gasteiger partial charge on any atom is -0.490 e. The standard InChI is InChI=1S/C24H32N4O2/c29-24(27-13-3-4-14-27)19-17-25-28(18-19)21-7-9-22(10-8-21)30-23-11-15-26(16-12-23)20-5-1-2-6-20/h7-10,17-18,20,23H,1-6,11-16H2. The van der Waals surface area contributed by atoms with Crippen molar-refractivity contribution in [3.63, 3.8) is 0 Å². The molecular weight excluding hydrogens is 376 g/mol. The van der Waals surface area contributed by atoms with E-state index in [-0.39, 0.29) is 5.91 Å². The molecule has 1 aliphatic carbocycles. The number of nitrogens with zero attached hydrogens (tertiary/aromatic N) is 4. The Morgan fingerprint density at radius 2 is 1.60 bits per heavy atom. The molecule has 1 amide bonds. The molecular formula is C24H32N4O2. The molecule has 0 radical (unpaired) electrons. The van der Waals surface area contributed by atoms with E-state index in [4.69, 9.17) is 4.74 Å². The Hall–Kier alpha value is -2.34. The van der Waals surface area contributed by atoms with Gasteiger partial charge in [-0.3, -0.25) is 4.79 Å². The second-order valence-electron chi connectivity index (χ2n) is 8.96. The van der Waals surface area contributed by atoms with Gasteiger partial charge in [0.25, 0.3) is 5.91 Å². The van der Waals surface area contributed by atoms with Gasteiger partial charge >= 0.3 is 0 Å². The van der Waals surface area contributed by atoms with E-state index in [9.17, 15) is 4.79 Å². The van der Waals surface area contributed by atoms with Gasteiger partial charge in [0.1, 0.15) is 11.9 Å². The second-order valence-corrected chi connectivity index (χ2v) is 8.96. The van der Waals surface area contributed by atoms with Gasteiger partial charge in [-0.05, 0) is 62.8 Å². The summed E-state index contributed by atoms with van der Waals surface area (Å²) in [4.78, 5) is 17.1. The van der Waals surface area contributed by atoms with Crippen LogP contribution in [0.1, 0.15) is 61.7 Å². The Morgan fingerprint density at radius 1 is 0.900 bits per heavy atom. The van der Waals surface area contributed by atoms with Gasteiger partial charge in [-0.1, -0.05) is 12.8 Å². The molecule has 1 aromatic heterocycles. The van der Waals surface area contributed by atoms with E-state index in [1.165, 1.54) is 25.7 Å². The minimum absolute atomic E-state index is 0.0858. The molecule has 1 aromatic carbocycles. The molecule has 0 unspecified atom stereocenters. The molecule has 3 heterocycles. The monoisotopic (exact) mass is 408 g/mol. The summed E-state index contributed by atoms with van der Waals surface area (Å²) in [6, 6.07) is 8.88. The van der Waals surface area contributed by atoms with Gasteiger partial charge in [-0.2, -0.15) is 5.10 Å². The van der Waals surface area contributed by atoms with Crippen LogP contribution in [0.2, 0.25) is 0 Å². The van der Waals surface area contributed by atoms with Crippen molar-refractivity contribution < 1.29 is 9.53 Å². The second kappa shape index (κ2) is 8.80. The number of aromatic nitrogens is 2. The first-order valence-electron chi connectivity index (χ1n) is 11.6. The van der Waals surface area contributed by atoms with Crippen LogP contribution < -0.4 is 4.74 Å². The quantitative estimate of drug-likeness (QED) is 0.753. The first-order chi connectivity index (χ1) is 14.8. The van der Waals surface area contributed by atoms with Crippen LogP contribution in [-0.2, 0) is 0 Å². The lowest BCUT2D eigenvalue weighted by Gasteiger charge is -2.36. The molecule has 1 saturated carbocycles. The average Bonchev–Trinajstić information content (AvgIpc) is 3.57. The number of ether oxygens (including phenoxy) is 1. The third-order valence-electron chi connectivity index (χ3n) is 6.94. The van der Waals surface area contributed by atoms with Gasteiger partial charge in [0, 0.05) is 38.4 Å². The number of carbonyl (C=O) groups excluding carboxylic acids is 1. The third-order valence-corrected chi connectivity index (χ3v) is 6.94. The van der Waals surface area contributed by atoms with Crippen molar-refractivity contribution in [2.45, 2.75) is 63.5 Å². The molecule has 30 heavy (non-hydrogen) atoms. The Bertz CT molecular complexity index is 842. The van der Waals surface area contributed by atoms with Crippen LogP contribution >= 0.6 is 0 Å². The van der Waals surface area contributed by atoms with Gasteiger partial charge in [-0.25, -0.2) is 4.68 Å². The smallest absolute Gasteiger partial charge is 0.257 e. The molecule has 6 heteroatoms. The summed E-state index contributed by atoms with van der Waals surface area (Å²) in [7, 11) is 0. The Kier molecular flexibility index (Phi) is 5.75. The molecule has 3 fully saturated rings. The van der Waals surface area contributed by atoms with Gasteiger partial charge in [0.15, 0.2) is 0 Å². The highest BCUT2D eigenvalue weighted by Crippen LogP contribution is 2.27. The molecule has 2 saturated heterocycles. The van der Waals surface area contributed by atoms with Crippen LogP contribution in [-0.4, -0.2) is 63.8 Å². The fourth-order valence-corrected chi connectivity index (χ4v) is 5.18. The van der Waals surface area contributed by atoms with Crippen molar-refractivity contribution in [2.75, 3.05) is 26.2 Å². The van der Waals surface area contributed by atoms with E-state index in [0.717, 1.165) is 69.3 Å². The SMILES string of the molecule is O=C(c1cnn(-c2ccc(OC3CCN(C4CCCC4)CC3)cc2)c1)N1CCCC1. The van der Waals surface area contributed by atoms with Gasteiger partial charge < -0.3 is 14.5 Å². The fourth-order valence-electron chi connectivity index (χ4n) is 5.18. The maximum absolute atomic E-state index is 12.5. The lowest BCUT2D eigenvalue weighted by atomic mass is 10.0. The number of benzene rings is 1. The molecule has 2 aromatic rings. The number of amides is 1. The first kappa shape index (κ1) is 19.6. The van der Waals surface area contributed by atoms with E-state index < -0.39 is 0 Å². The number of hydrogen-bond acceptors (Lipinski definition) is 4. The van der Waals surface area contributed by atoms with Crippen LogP contribution in [0, 0.1) is 0 Å². The van der Waals surface area contributed by atoms with Crippen molar-refractivity contribution in [3.05, 3.63) is 42.2 Å². The molecule has 2 aliphatic heterocycles. The van der Waals surface area contributed by atoms with E-state index in [0.29, 0.717) is 11.7 Å². The van der Waals surface area contributed by atoms with Crippen molar-refractivity contribution in [3.8, 4) is 11.4 Å². The van der Waals surface area contributed by atoms with E-state index in [1.807, 2.05) is 35.4 Å². The third kappa shape index (κ3) is 4.24. The van der Waals surface area contributed by atoms with Crippen LogP contribution in [0.25, 0.3) is 5.69 Å². The predicted molar refractivity (Wildman–Crippen MR) is 116 cm³/mol. The Labute approximate surface area is 178 Å². The molecule has 0 spiro atoms. The molecule has 0 atom stereocenters. The summed E-state index contributed by atoms with van der Waals surface area (Å²) in [6.45, 7) is 4.04. The largest absolute Gasteiger partial charge is 0.490 e. The topological polar surface area (TPSA) is 50.6 Å². The normalized spacial score (nSPS) is 21.4. The average molecular weight is 409 g/mol. The number of carbonyl (C=O) groups is 1. The number of likely N-dealkylation sites (tertiary alicyclic amines) is 2. The van der Waals surface area contributed by atoms with Crippen LogP contribution in [0.15, 0.2) is 36.7 Å². The fraction of sp³-hybridized carbons (Fsp3) is 0.583. The number of piperidine rings is 1. The highest BCUT2D eigenvalue weighted by atomic mass is 16.5. The number of rotatable bonds is 5. The van der Waals surface area contributed by atoms with Gasteiger partial charge in [0.05, 0.1) is 17.4 Å². The van der Waals surface area contributed by atoms with Gasteiger partial charge in [-0.15, -0.1) is 0 Å². The summed E-state index contributed by atoms with van der Waals surface area (Å²) in [5.74, 6) is 1.00. The summed E-state index contributed by atoms with van der Waals surface area (Å²) < 4.78 is 8.02. The lowest BCUT2D eigenvalue weighted by molar-refractivity contribution is 0.0768. The van der Waals surface area contributed by atoms with Gasteiger partial charge in [0.2, 0.25) is 0 Å². The summed E-state index contributed by atoms with van der Waals surface area (Å²) in [5, 5.41) is 4.39. The Balaban J connectivity index is 1.16. The molecule has 6 nitrogen and oxygen atoms in total. The van der Waals surface area contributed by atoms with Crippen molar-refractivity contribution in [1.29, 1.82) is 0 Å². The molecule has 0 N–H and O–H groups in total. The summed E-state index contributed by atoms with van der Waals surface area (Å²) in [6.07, 6.45) is 13.8. The highest BCUT2D eigenvalue weighted by Gasteiger charge is 2.27. The first-order valence-corrected chi connectivity index (χ1v) is 11.6. The van der Waals surface area contributed by atoms with E-state index in [2.05, 4.69) is 10.00 Å². The predicted octanol–water partition coefficient (Wildman–Crippen LogP) is 3.89. The number of hydrogen-bond donors (Lipinski definition) is 0. The van der Waals surface area contributed by atoms with E-state index >= 15 is 0 Å². The molecule has 160 valence electrons. The Morgan fingerprint density at radius 3 is 2.30 bits per heavy atom. The van der Waals surface area contributed by atoms with Crippen LogP contribution in [0.3, 0.4) is 0 Å². The summed E-state index contributed by atoms with van der Waals surface area (Å²) >= 11 is 0. The molecule has 5 rings (SSSR count). The lowest BCUT2D eigenvalue weighted by Crippen LogP contribution is -2.43. The molecule has 3 aliphatic rings. The van der Waals surface area contributed by atoms with Crippen LogP contribution in [0.4, 0.5) is 0 Å². The highest BCUT2D eigenvalue weighted by molar-refractivity contribution is 5.94. The van der Waals surface area contributed by atoms with Crippen LogP contribution in [0.5, 0.6) is 5.75 Å². The zero-order chi connectivity index (χ0) is 20.3. The zero-order valence-electron chi connectivity index (χ0n) is 17.7. The summed E-state index contributed by atoms with van der Waals surface area (Å²) in [5.41, 5.74) is 1.60. The maximum atomic E-state index is 12.5. The van der Waals surface area contributed by atoms with E-state index in [1.54, 1.807) is 10.9 Å². The molecule has 0 bridgehead atoms.